The lowest BCUT2D eigenvalue weighted by Crippen LogP contribution is -2.76. The smallest absolute Gasteiger partial charge is 0.0766 e. The molecule has 0 spiro atoms. The second-order valence-corrected chi connectivity index (χ2v) is 14.0. The number of hydrogen-bond donors (Lipinski definition) is 0. The average Bonchev–Trinajstić information content (AvgIpc) is 3.47. The molecule has 4 aromatic rings. The van der Waals surface area contributed by atoms with Gasteiger partial charge >= 0.3 is 0 Å². The van der Waals surface area contributed by atoms with E-state index in [1.165, 1.54) is 43.8 Å². The summed E-state index contributed by atoms with van der Waals surface area (Å²) < 4.78 is 0. The Bertz CT molecular complexity index is 1390. The van der Waals surface area contributed by atoms with Crippen LogP contribution in [0.3, 0.4) is 0 Å². The highest BCUT2D eigenvalue weighted by atomic mass is 28.3. The molecular formula is C34H32Si. The van der Waals surface area contributed by atoms with Crippen LogP contribution in [0, 0.1) is 13.8 Å². The summed E-state index contributed by atoms with van der Waals surface area (Å²) >= 11 is 0. The van der Waals surface area contributed by atoms with Crippen molar-refractivity contribution in [2.24, 2.45) is 0 Å². The molecule has 2 aliphatic carbocycles. The van der Waals surface area contributed by atoms with Gasteiger partial charge in [-0.3, -0.25) is 0 Å². The highest BCUT2D eigenvalue weighted by Gasteiger charge is 2.45. The summed E-state index contributed by atoms with van der Waals surface area (Å²) in [7, 11) is -2.59. The predicted octanol–water partition coefficient (Wildman–Crippen LogP) is 5.60. The molecule has 35 heavy (non-hydrogen) atoms. The molecule has 0 atom stereocenters. The number of hydrogen-bond acceptors (Lipinski definition) is 0. The minimum Gasteiger partial charge on any atom is -0.0766 e. The Labute approximate surface area is 210 Å². The van der Waals surface area contributed by atoms with Crippen molar-refractivity contribution in [3.05, 3.63) is 130 Å². The number of benzene rings is 4. The minimum atomic E-state index is -2.59. The summed E-state index contributed by atoms with van der Waals surface area (Å²) in [5, 5.41) is 6.05. The van der Waals surface area contributed by atoms with E-state index in [9.17, 15) is 0 Å². The maximum atomic E-state index is 2.48. The zero-order chi connectivity index (χ0) is 24.2. The van der Waals surface area contributed by atoms with E-state index in [0.717, 1.165) is 12.8 Å². The van der Waals surface area contributed by atoms with Gasteiger partial charge in [0.15, 0.2) is 8.07 Å². The molecule has 0 bridgehead atoms. The van der Waals surface area contributed by atoms with Gasteiger partial charge < -0.3 is 0 Å². The van der Waals surface area contributed by atoms with Crippen molar-refractivity contribution in [2.75, 3.05) is 0 Å². The second kappa shape index (κ2) is 8.36. The Kier molecular flexibility index (Phi) is 5.27. The van der Waals surface area contributed by atoms with Crippen LogP contribution in [-0.4, -0.2) is 8.07 Å². The van der Waals surface area contributed by atoms with E-state index < -0.39 is 8.07 Å². The van der Waals surface area contributed by atoms with E-state index in [1.807, 2.05) is 0 Å². The Morgan fingerprint density at radius 1 is 0.486 bits per heavy atom. The molecule has 0 radical (unpaired) electrons. The van der Waals surface area contributed by atoms with Crippen LogP contribution in [0.2, 0.25) is 0 Å². The van der Waals surface area contributed by atoms with Gasteiger partial charge in [-0.15, -0.1) is 0 Å². The summed E-state index contributed by atoms with van der Waals surface area (Å²) in [6.07, 6.45) is 6.92. The number of rotatable bonds is 4. The molecule has 2 aliphatic rings. The van der Waals surface area contributed by atoms with Gasteiger partial charge in [0.2, 0.25) is 0 Å². The minimum absolute atomic E-state index is 1.03. The van der Waals surface area contributed by atoms with Gasteiger partial charge in [-0.05, 0) is 106 Å². The molecule has 0 saturated heterocycles. The van der Waals surface area contributed by atoms with Gasteiger partial charge in [-0.25, -0.2) is 0 Å². The average molecular weight is 469 g/mol. The van der Waals surface area contributed by atoms with Gasteiger partial charge in [0, 0.05) is 0 Å². The fraction of sp³-hybridized carbons (Fsp3) is 0.176. The molecule has 0 amide bonds. The molecule has 0 saturated carbocycles. The fourth-order valence-corrected chi connectivity index (χ4v) is 12.1. The van der Waals surface area contributed by atoms with Crippen LogP contribution in [-0.2, 0) is 12.8 Å². The molecule has 0 heterocycles. The maximum absolute atomic E-state index is 2.59. The van der Waals surface area contributed by atoms with Crippen LogP contribution in [0.4, 0.5) is 0 Å². The van der Waals surface area contributed by atoms with E-state index in [-0.39, 0.29) is 0 Å². The standard InChI is InChI=1S/C34H32Si/c1-23-15-19-29-31(21-17-25(3)33(23)29)35(27-11-7-5-8-12-27,28-13-9-6-10-14-28)32-22-18-26(4)34-24(2)16-20-30(32)34/h5-18,21-22H,19-20H2,1-4H3. The maximum Gasteiger partial charge on any atom is 0.180 e. The first kappa shape index (κ1) is 22.1. The van der Waals surface area contributed by atoms with E-state index >= 15 is 0 Å². The van der Waals surface area contributed by atoms with Crippen molar-refractivity contribution in [3.63, 3.8) is 0 Å². The van der Waals surface area contributed by atoms with Crippen LogP contribution in [0.15, 0.2) is 97.1 Å². The van der Waals surface area contributed by atoms with E-state index in [1.54, 1.807) is 21.5 Å². The zero-order valence-corrected chi connectivity index (χ0v) is 22.2. The Morgan fingerprint density at radius 3 is 1.29 bits per heavy atom. The van der Waals surface area contributed by atoms with Gasteiger partial charge in [0.25, 0.3) is 0 Å². The third-order valence-corrected chi connectivity index (χ3v) is 13.2. The van der Waals surface area contributed by atoms with Crippen molar-refractivity contribution >= 4 is 40.0 Å². The van der Waals surface area contributed by atoms with Crippen molar-refractivity contribution in [3.8, 4) is 0 Å². The van der Waals surface area contributed by atoms with Crippen molar-refractivity contribution in [1.29, 1.82) is 0 Å². The monoisotopic (exact) mass is 468 g/mol. The zero-order valence-electron chi connectivity index (χ0n) is 21.2. The summed E-state index contributed by atoms with van der Waals surface area (Å²) in [4.78, 5) is 0. The van der Waals surface area contributed by atoms with Gasteiger partial charge in [0.05, 0.1) is 0 Å². The molecule has 0 fully saturated rings. The van der Waals surface area contributed by atoms with Crippen LogP contribution in [0.1, 0.15) is 47.2 Å². The predicted molar refractivity (Wildman–Crippen MR) is 154 cm³/mol. The summed E-state index contributed by atoms with van der Waals surface area (Å²) in [6.45, 7) is 9.12. The summed E-state index contributed by atoms with van der Waals surface area (Å²) in [5.74, 6) is 0. The van der Waals surface area contributed by atoms with Crippen molar-refractivity contribution in [2.45, 2.75) is 40.5 Å². The first-order valence-corrected chi connectivity index (χ1v) is 14.7. The number of fused-ring (bicyclic) bond motifs is 2. The van der Waals surface area contributed by atoms with Crippen molar-refractivity contribution in [1.82, 2.24) is 0 Å². The molecule has 6 rings (SSSR count). The van der Waals surface area contributed by atoms with E-state index in [2.05, 4.69) is 125 Å². The van der Waals surface area contributed by atoms with Crippen LogP contribution >= 0.6 is 0 Å². The Hall–Kier alpha value is -3.42. The number of aryl methyl sites for hydroxylation is 2. The molecule has 0 unspecified atom stereocenters. The Morgan fingerprint density at radius 2 is 0.886 bits per heavy atom. The first-order chi connectivity index (χ1) is 17.0. The van der Waals surface area contributed by atoms with Crippen LogP contribution in [0.25, 0.3) is 11.1 Å². The normalized spacial score (nSPS) is 14.4. The molecule has 0 N–H and O–H groups in total. The molecular weight excluding hydrogens is 436 g/mol. The molecule has 4 aromatic carbocycles. The number of allylic oxidation sites excluding steroid dienone is 4. The molecule has 1 heteroatoms. The molecule has 0 aliphatic heterocycles. The Balaban J connectivity index is 1.81. The molecule has 172 valence electrons. The lowest BCUT2D eigenvalue weighted by Gasteiger charge is -2.38. The third-order valence-electron chi connectivity index (χ3n) is 8.28. The highest BCUT2D eigenvalue weighted by molar-refractivity contribution is 7.20. The second-order valence-electron chi connectivity index (χ2n) is 10.2. The lowest BCUT2D eigenvalue weighted by molar-refractivity contribution is 1.29. The lowest BCUT2D eigenvalue weighted by atomic mass is 10.0. The molecule has 0 nitrogen and oxygen atoms in total. The molecule has 0 aromatic heterocycles. The topological polar surface area (TPSA) is 0 Å². The quantitative estimate of drug-likeness (QED) is 0.270. The fourth-order valence-electron chi connectivity index (χ4n) is 6.78. The third kappa shape index (κ3) is 3.18. The SMILES string of the molecule is CC1=CCc2c([Si](c3ccccc3)(c3ccccc3)c3ccc(C)c4c3CC=C4C)ccc(C)c21. The van der Waals surface area contributed by atoms with Gasteiger partial charge in [0.1, 0.15) is 0 Å². The summed E-state index contributed by atoms with van der Waals surface area (Å²) in [6, 6.07) is 32.5. The van der Waals surface area contributed by atoms with E-state index in [4.69, 9.17) is 0 Å². The van der Waals surface area contributed by atoms with Gasteiger partial charge in [-0.1, -0.05) is 97.1 Å². The summed E-state index contributed by atoms with van der Waals surface area (Å²) in [5.41, 5.74) is 11.7. The largest absolute Gasteiger partial charge is 0.180 e. The first-order valence-electron chi connectivity index (χ1n) is 12.7. The van der Waals surface area contributed by atoms with Crippen LogP contribution in [0.5, 0.6) is 0 Å². The van der Waals surface area contributed by atoms with Gasteiger partial charge in [-0.2, -0.15) is 0 Å². The van der Waals surface area contributed by atoms with Crippen molar-refractivity contribution < 1.29 is 0 Å². The van der Waals surface area contributed by atoms with E-state index in [0.29, 0.717) is 0 Å². The van der Waals surface area contributed by atoms with Crippen LogP contribution < -0.4 is 20.7 Å². The highest BCUT2D eigenvalue weighted by Crippen LogP contribution is 2.33.